The van der Waals surface area contributed by atoms with Crippen LogP contribution in [0.1, 0.15) is 58.3 Å². The van der Waals surface area contributed by atoms with Gasteiger partial charge in [-0.3, -0.25) is 4.90 Å². The highest BCUT2D eigenvalue weighted by Crippen LogP contribution is 2.17. The van der Waals surface area contributed by atoms with Crippen LogP contribution in [0.3, 0.4) is 0 Å². The number of hydrogen-bond donors (Lipinski definition) is 0. The smallest absolute Gasteiger partial charge is 0.110 e. The van der Waals surface area contributed by atoms with Crippen LogP contribution in [-0.2, 0) is 4.74 Å². The molecule has 1 saturated heterocycles. The molecule has 1 aliphatic heterocycles. The van der Waals surface area contributed by atoms with Crippen molar-refractivity contribution in [1.29, 1.82) is 0 Å². The predicted molar refractivity (Wildman–Crippen MR) is 74.1 cm³/mol. The van der Waals surface area contributed by atoms with E-state index in [0.29, 0.717) is 6.23 Å². The van der Waals surface area contributed by atoms with Gasteiger partial charge >= 0.3 is 0 Å². The van der Waals surface area contributed by atoms with E-state index in [1.165, 1.54) is 51.4 Å². The summed E-state index contributed by atoms with van der Waals surface area (Å²) in [6, 6.07) is 0. The summed E-state index contributed by atoms with van der Waals surface area (Å²) in [5.41, 5.74) is 0. The summed E-state index contributed by atoms with van der Waals surface area (Å²) < 4.78 is 5.73. The third-order valence-corrected chi connectivity index (χ3v) is 3.61. The van der Waals surface area contributed by atoms with Crippen LogP contribution in [0.25, 0.3) is 0 Å². The van der Waals surface area contributed by atoms with Crippen LogP contribution >= 0.6 is 0 Å². The van der Waals surface area contributed by atoms with E-state index >= 15 is 0 Å². The summed E-state index contributed by atoms with van der Waals surface area (Å²) in [6.45, 7) is 9.16. The molecule has 0 aromatic rings. The average Bonchev–Trinajstić information content (AvgIpc) is 2.80. The van der Waals surface area contributed by atoms with E-state index in [4.69, 9.17) is 4.74 Å². The minimum atomic E-state index is 0.417. The zero-order valence-corrected chi connectivity index (χ0v) is 11.5. The third kappa shape index (κ3) is 6.23. The van der Waals surface area contributed by atoms with Crippen molar-refractivity contribution < 1.29 is 4.74 Å². The number of ether oxygens (including phenoxy) is 1. The summed E-state index contributed by atoms with van der Waals surface area (Å²) in [6.07, 6.45) is 13.0. The van der Waals surface area contributed by atoms with E-state index in [0.717, 1.165) is 19.7 Å². The number of hydrogen-bond acceptors (Lipinski definition) is 2. The Kier molecular flexibility index (Phi) is 8.37. The number of rotatable bonds is 10. The Morgan fingerprint density at radius 1 is 1.18 bits per heavy atom. The molecule has 1 fully saturated rings. The van der Waals surface area contributed by atoms with Crippen LogP contribution in [0.5, 0.6) is 0 Å². The summed E-state index contributed by atoms with van der Waals surface area (Å²) in [4.78, 5) is 2.45. The van der Waals surface area contributed by atoms with E-state index in [1.807, 2.05) is 6.08 Å². The van der Waals surface area contributed by atoms with E-state index < -0.39 is 0 Å². The van der Waals surface area contributed by atoms with Crippen LogP contribution < -0.4 is 0 Å². The lowest BCUT2D eigenvalue weighted by Crippen LogP contribution is -2.29. The fraction of sp³-hybridized carbons (Fsp3) is 0.867. The fourth-order valence-electron chi connectivity index (χ4n) is 2.50. The van der Waals surface area contributed by atoms with Crippen LogP contribution in [0, 0.1) is 0 Å². The zero-order chi connectivity index (χ0) is 12.3. The number of nitrogens with zero attached hydrogens (tertiary/aromatic N) is 1. The lowest BCUT2D eigenvalue weighted by molar-refractivity contribution is 0.0277. The minimum absolute atomic E-state index is 0.417. The van der Waals surface area contributed by atoms with Crippen LogP contribution in [-0.4, -0.2) is 30.8 Å². The lowest BCUT2D eigenvalue weighted by atomic mass is 10.1. The first-order chi connectivity index (χ1) is 8.38. The topological polar surface area (TPSA) is 12.5 Å². The van der Waals surface area contributed by atoms with Gasteiger partial charge in [-0.05, 0) is 32.2 Å². The maximum absolute atomic E-state index is 5.73. The Morgan fingerprint density at radius 3 is 2.59 bits per heavy atom. The molecule has 1 rings (SSSR count). The molecule has 17 heavy (non-hydrogen) atoms. The average molecular weight is 239 g/mol. The zero-order valence-electron chi connectivity index (χ0n) is 11.5. The summed E-state index contributed by atoms with van der Waals surface area (Å²) >= 11 is 0. The van der Waals surface area contributed by atoms with Gasteiger partial charge in [0.15, 0.2) is 0 Å². The molecule has 0 N–H and O–H groups in total. The molecule has 2 nitrogen and oxygen atoms in total. The van der Waals surface area contributed by atoms with Gasteiger partial charge in [-0.25, -0.2) is 0 Å². The molecule has 0 aliphatic carbocycles. The van der Waals surface area contributed by atoms with Crippen LogP contribution in [0.4, 0.5) is 0 Å². The standard InChI is InChI=1S/C15H29NO/c1-3-5-6-7-8-9-10-11-12-15-16(4-2)13-14-17-15/h3,15H,1,4-14H2,2H3. The number of allylic oxidation sites excluding steroid dienone is 1. The van der Waals surface area contributed by atoms with Gasteiger partial charge in [-0.15, -0.1) is 6.58 Å². The van der Waals surface area contributed by atoms with Gasteiger partial charge in [0, 0.05) is 6.54 Å². The molecule has 0 aromatic carbocycles. The van der Waals surface area contributed by atoms with Crippen molar-refractivity contribution in [2.75, 3.05) is 19.7 Å². The van der Waals surface area contributed by atoms with Crippen molar-refractivity contribution in [1.82, 2.24) is 4.90 Å². The second-order valence-electron chi connectivity index (χ2n) is 4.94. The normalized spacial score (nSPS) is 20.9. The van der Waals surface area contributed by atoms with E-state index in [9.17, 15) is 0 Å². The second kappa shape index (κ2) is 9.67. The molecule has 0 spiro atoms. The maximum atomic E-state index is 5.73. The summed E-state index contributed by atoms with van der Waals surface area (Å²) in [5.74, 6) is 0. The molecule has 2 heteroatoms. The van der Waals surface area contributed by atoms with Crippen LogP contribution in [0.15, 0.2) is 12.7 Å². The molecule has 1 unspecified atom stereocenters. The van der Waals surface area contributed by atoms with Crippen molar-refractivity contribution in [3.05, 3.63) is 12.7 Å². The quantitative estimate of drug-likeness (QED) is 0.422. The summed E-state index contributed by atoms with van der Waals surface area (Å²) in [5, 5.41) is 0. The first kappa shape index (κ1) is 14.7. The molecule has 1 heterocycles. The van der Waals surface area contributed by atoms with Crippen molar-refractivity contribution in [2.45, 2.75) is 64.5 Å². The molecular formula is C15H29NO. The Hall–Kier alpha value is -0.340. The molecule has 1 aliphatic rings. The van der Waals surface area contributed by atoms with Crippen molar-refractivity contribution in [3.8, 4) is 0 Å². The van der Waals surface area contributed by atoms with Crippen molar-refractivity contribution in [2.24, 2.45) is 0 Å². The second-order valence-corrected chi connectivity index (χ2v) is 4.94. The van der Waals surface area contributed by atoms with Gasteiger partial charge in [-0.2, -0.15) is 0 Å². The van der Waals surface area contributed by atoms with E-state index in [-0.39, 0.29) is 0 Å². The Balaban J connectivity index is 1.88. The number of likely N-dealkylation sites (N-methyl/N-ethyl adjacent to an activating group) is 1. The molecular weight excluding hydrogens is 210 g/mol. The summed E-state index contributed by atoms with van der Waals surface area (Å²) in [7, 11) is 0. The van der Waals surface area contributed by atoms with Gasteiger partial charge in [-0.1, -0.05) is 38.7 Å². The first-order valence-corrected chi connectivity index (χ1v) is 7.35. The molecule has 1 atom stereocenters. The van der Waals surface area contributed by atoms with Crippen molar-refractivity contribution >= 4 is 0 Å². The van der Waals surface area contributed by atoms with E-state index in [2.05, 4.69) is 18.4 Å². The Morgan fingerprint density at radius 2 is 1.88 bits per heavy atom. The van der Waals surface area contributed by atoms with Gasteiger partial charge in [0.05, 0.1) is 6.61 Å². The van der Waals surface area contributed by atoms with Gasteiger partial charge in [0.25, 0.3) is 0 Å². The lowest BCUT2D eigenvalue weighted by Gasteiger charge is -2.20. The largest absolute Gasteiger partial charge is 0.362 e. The first-order valence-electron chi connectivity index (χ1n) is 7.35. The van der Waals surface area contributed by atoms with Gasteiger partial charge in [0.1, 0.15) is 6.23 Å². The molecule has 0 radical (unpaired) electrons. The molecule has 0 amide bonds. The Labute approximate surface area is 107 Å². The molecule has 0 saturated carbocycles. The van der Waals surface area contributed by atoms with Gasteiger partial charge in [0.2, 0.25) is 0 Å². The predicted octanol–water partition coefficient (Wildman–Crippen LogP) is 3.97. The maximum Gasteiger partial charge on any atom is 0.110 e. The molecule has 0 bridgehead atoms. The third-order valence-electron chi connectivity index (χ3n) is 3.61. The highest BCUT2D eigenvalue weighted by Gasteiger charge is 2.22. The van der Waals surface area contributed by atoms with Crippen LogP contribution in [0.2, 0.25) is 0 Å². The fourth-order valence-corrected chi connectivity index (χ4v) is 2.50. The SMILES string of the molecule is C=CCCCCCCCCC1OCCN1CC. The Bertz CT molecular complexity index is 193. The highest BCUT2D eigenvalue weighted by atomic mass is 16.5. The highest BCUT2D eigenvalue weighted by molar-refractivity contribution is 4.68. The number of unbranched alkanes of at least 4 members (excludes halogenated alkanes) is 6. The molecule has 0 aromatic heterocycles. The minimum Gasteiger partial charge on any atom is -0.362 e. The van der Waals surface area contributed by atoms with Crippen molar-refractivity contribution in [3.63, 3.8) is 0 Å². The molecule has 100 valence electrons. The van der Waals surface area contributed by atoms with E-state index in [1.54, 1.807) is 0 Å². The monoisotopic (exact) mass is 239 g/mol. The van der Waals surface area contributed by atoms with Gasteiger partial charge < -0.3 is 4.74 Å².